The second-order valence-corrected chi connectivity index (χ2v) is 7.97. The summed E-state index contributed by atoms with van der Waals surface area (Å²) >= 11 is 0. The van der Waals surface area contributed by atoms with Crippen molar-refractivity contribution < 1.29 is 4.79 Å². The van der Waals surface area contributed by atoms with Crippen molar-refractivity contribution in [3.63, 3.8) is 0 Å². The summed E-state index contributed by atoms with van der Waals surface area (Å²) in [6, 6.07) is 11.0. The summed E-state index contributed by atoms with van der Waals surface area (Å²) < 4.78 is 0. The van der Waals surface area contributed by atoms with E-state index >= 15 is 0 Å². The van der Waals surface area contributed by atoms with Gasteiger partial charge in [-0.1, -0.05) is 30.3 Å². The third-order valence-electron chi connectivity index (χ3n) is 6.33. The predicted molar refractivity (Wildman–Crippen MR) is 95.5 cm³/mol. The molecule has 1 N–H and O–H groups in total. The summed E-state index contributed by atoms with van der Waals surface area (Å²) in [6.07, 6.45) is 3.50. The molecular weight excluding hydrogens is 298 g/mol. The number of piperazine rings is 1. The van der Waals surface area contributed by atoms with E-state index in [0.29, 0.717) is 23.3 Å². The molecule has 4 rings (SSSR count). The van der Waals surface area contributed by atoms with E-state index in [9.17, 15) is 4.79 Å². The molecule has 4 heteroatoms. The van der Waals surface area contributed by atoms with Crippen LogP contribution >= 0.6 is 0 Å². The second kappa shape index (κ2) is 6.49. The first-order chi connectivity index (χ1) is 11.7. The minimum Gasteiger partial charge on any atom is -0.337 e. The summed E-state index contributed by atoms with van der Waals surface area (Å²) in [5.41, 5.74) is 1.71. The van der Waals surface area contributed by atoms with Gasteiger partial charge in [-0.15, -0.1) is 0 Å². The molecule has 1 saturated carbocycles. The van der Waals surface area contributed by atoms with E-state index in [4.69, 9.17) is 0 Å². The molecule has 1 amide bonds. The number of carbonyl (C=O) groups excluding carboxylic acids is 1. The maximum Gasteiger partial charge on any atom is 0.226 e. The van der Waals surface area contributed by atoms with E-state index in [-0.39, 0.29) is 0 Å². The molecule has 2 heterocycles. The molecule has 0 bridgehead atoms. The molecular formula is C20H29N3O. The van der Waals surface area contributed by atoms with Crippen LogP contribution in [0.2, 0.25) is 0 Å². The van der Waals surface area contributed by atoms with E-state index in [1.54, 1.807) is 0 Å². The van der Waals surface area contributed by atoms with Crippen LogP contribution < -0.4 is 5.32 Å². The van der Waals surface area contributed by atoms with Gasteiger partial charge in [-0.3, -0.25) is 9.69 Å². The van der Waals surface area contributed by atoms with Crippen LogP contribution in [0, 0.1) is 11.3 Å². The first kappa shape index (κ1) is 16.1. The van der Waals surface area contributed by atoms with Gasteiger partial charge in [0.15, 0.2) is 0 Å². The number of piperidine rings is 1. The van der Waals surface area contributed by atoms with Gasteiger partial charge >= 0.3 is 0 Å². The number of carbonyl (C=O) groups is 1. The molecule has 3 fully saturated rings. The molecule has 2 aliphatic heterocycles. The summed E-state index contributed by atoms with van der Waals surface area (Å²) in [5, 5.41) is 3.43. The van der Waals surface area contributed by atoms with Crippen LogP contribution in [0.3, 0.4) is 0 Å². The molecule has 3 aliphatic rings. The highest BCUT2D eigenvalue weighted by Gasteiger charge is 2.59. The Bertz CT molecular complexity index is 582. The van der Waals surface area contributed by atoms with E-state index in [0.717, 1.165) is 45.7 Å². The SMILES string of the molecule is CC1CN(Cc2ccccc2)CCN1C(=O)C1CC12CCNCC2. The molecule has 130 valence electrons. The molecule has 2 atom stereocenters. The average Bonchev–Trinajstić information content (AvgIpc) is 3.29. The number of hydrogen-bond acceptors (Lipinski definition) is 3. The lowest BCUT2D eigenvalue weighted by molar-refractivity contribution is -0.138. The van der Waals surface area contributed by atoms with Crippen molar-refractivity contribution in [3.8, 4) is 0 Å². The average molecular weight is 327 g/mol. The van der Waals surface area contributed by atoms with Crippen LogP contribution in [0.4, 0.5) is 0 Å². The van der Waals surface area contributed by atoms with Crippen molar-refractivity contribution in [3.05, 3.63) is 35.9 Å². The van der Waals surface area contributed by atoms with Gasteiger partial charge in [-0.2, -0.15) is 0 Å². The number of nitrogens with zero attached hydrogens (tertiary/aromatic N) is 2. The van der Waals surface area contributed by atoms with Gasteiger partial charge in [0.2, 0.25) is 5.91 Å². The number of benzene rings is 1. The Morgan fingerprint density at radius 1 is 1.21 bits per heavy atom. The Hall–Kier alpha value is -1.39. The van der Waals surface area contributed by atoms with Gasteiger partial charge in [0.25, 0.3) is 0 Å². The monoisotopic (exact) mass is 327 g/mol. The molecule has 1 aliphatic carbocycles. The van der Waals surface area contributed by atoms with Gasteiger partial charge in [0, 0.05) is 38.1 Å². The molecule has 4 nitrogen and oxygen atoms in total. The van der Waals surface area contributed by atoms with Crippen LogP contribution in [0.1, 0.15) is 31.7 Å². The van der Waals surface area contributed by atoms with Gasteiger partial charge in [0.05, 0.1) is 0 Å². The van der Waals surface area contributed by atoms with Gasteiger partial charge in [0.1, 0.15) is 0 Å². The van der Waals surface area contributed by atoms with E-state index in [1.807, 2.05) is 0 Å². The Balaban J connectivity index is 1.33. The third kappa shape index (κ3) is 3.09. The predicted octanol–water partition coefficient (Wildman–Crippen LogP) is 2.11. The normalized spacial score (nSPS) is 29.6. The zero-order chi connectivity index (χ0) is 16.6. The number of nitrogens with one attached hydrogen (secondary N) is 1. The molecule has 1 aromatic carbocycles. The molecule has 2 saturated heterocycles. The number of rotatable bonds is 3. The Labute approximate surface area is 145 Å². The second-order valence-electron chi connectivity index (χ2n) is 7.97. The highest BCUT2D eigenvalue weighted by atomic mass is 16.2. The van der Waals surface area contributed by atoms with Crippen LogP contribution in [-0.4, -0.2) is 54.5 Å². The number of amides is 1. The molecule has 0 radical (unpaired) electrons. The highest BCUT2D eigenvalue weighted by molar-refractivity contribution is 5.83. The maximum absolute atomic E-state index is 13.0. The molecule has 24 heavy (non-hydrogen) atoms. The van der Waals surface area contributed by atoms with Gasteiger partial charge in [-0.25, -0.2) is 0 Å². The standard InChI is InChI=1S/C20H29N3O/c1-16-14-22(15-17-5-3-2-4-6-17)11-12-23(16)19(24)18-13-20(18)7-9-21-10-8-20/h2-6,16,18,21H,7-15H2,1H3. The van der Waals surface area contributed by atoms with E-state index < -0.39 is 0 Å². The van der Waals surface area contributed by atoms with Crippen molar-refractivity contribution in [2.24, 2.45) is 11.3 Å². The lowest BCUT2D eigenvalue weighted by Gasteiger charge is -2.40. The van der Waals surface area contributed by atoms with Crippen molar-refractivity contribution in [1.29, 1.82) is 0 Å². The molecule has 0 aromatic heterocycles. The van der Waals surface area contributed by atoms with Crippen molar-refractivity contribution >= 4 is 5.91 Å². The molecule has 1 spiro atoms. The Morgan fingerprint density at radius 3 is 2.67 bits per heavy atom. The minimum absolute atomic E-state index is 0.308. The topological polar surface area (TPSA) is 35.6 Å². The van der Waals surface area contributed by atoms with Crippen LogP contribution in [0.15, 0.2) is 30.3 Å². The first-order valence-corrected chi connectivity index (χ1v) is 9.45. The van der Waals surface area contributed by atoms with Gasteiger partial charge in [-0.05, 0) is 50.3 Å². The fourth-order valence-corrected chi connectivity index (χ4v) is 4.72. The number of hydrogen-bond donors (Lipinski definition) is 1. The lowest BCUT2D eigenvalue weighted by Crippen LogP contribution is -2.54. The smallest absolute Gasteiger partial charge is 0.226 e. The van der Waals surface area contributed by atoms with Crippen molar-refractivity contribution in [2.75, 3.05) is 32.7 Å². The largest absolute Gasteiger partial charge is 0.337 e. The minimum atomic E-state index is 0.308. The summed E-state index contributed by atoms with van der Waals surface area (Å²) in [6.45, 7) is 8.25. The first-order valence-electron chi connectivity index (χ1n) is 9.45. The Kier molecular flexibility index (Phi) is 4.35. The van der Waals surface area contributed by atoms with E-state index in [2.05, 4.69) is 52.4 Å². The van der Waals surface area contributed by atoms with Crippen LogP contribution in [0.5, 0.6) is 0 Å². The zero-order valence-electron chi connectivity index (χ0n) is 14.7. The third-order valence-corrected chi connectivity index (χ3v) is 6.33. The van der Waals surface area contributed by atoms with E-state index in [1.165, 1.54) is 18.4 Å². The fraction of sp³-hybridized carbons (Fsp3) is 0.650. The van der Waals surface area contributed by atoms with Crippen molar-refractivity contribution in [1.82, 2.24) is 15.1 Å². The zero-order valence-corrected chi connectivity index (χ0v) is 14.7. The van der Waals surface area contributed by atoms with Crippen molar-refractivity contribution in [2.45, 2.75) is 38.8 Å². The van der Waals surface area contributed by atoms with Gasteiger partial charge < -0.3 is 10.2 Å². The highest BCUT2D eigenvalue weighted by Crippen LogP contribution is 2.59. The summed E-state index contributed by atoms with van der Waals surface area (Å²) in [7, 11) is 0. The summed E-state index contributed by atoms with van der Waals surface area (Å²) in [5.74, 6) is 0.742. The fourth-order valence-electron chi connectivity index (χ4n) is 4.72. The molecule has 2 unspecified atom stereocenters. The Morgan fingerprint density at radius 2 is 1.96 bits per heavy atom. The van der Waals surface area contributed by atoms with Crippen LogP contribution in [0.25, 0.3) is 0 Å². The molecule has 1 aromatic rings. The summed E-state index contributed by atoms with van der Waals surface area (Å²) in [4.78, 5) is 17.6. The quantitative estimate of drug-likeness (QED) is 0.924. The maximum atomic E-state index is 13.0. The van der Waals surface area contributed by atoms with Crippen LogP contribution in [-0.2, 0) is 11.3 Å². The lowest BCUT2D eigenvalue weighted by atomic mass is 9.91.